The lowest BCUT2D eigenvalue weighted by Gasteiger charge is -2.23. The van der Waals surface area contributed by atoms with Crippen LogP contribution in [0.15, 0.2) is 18.6 Å². The highest BCUT2D eigenvalue weighted by atomic mass is 15.2. The first kappa shape index (κ1) is 13.8. The number of nitrogens with one attached hydrogen (secondary N) is 1. The SMILES string of the molecule is CCN(CCNC(C)C)c1nccc2c1ncn2C. The van der Waals surface area contributed by atoms with Crippen molar-refractivity contribution in [1.82, 2.24) is 19.9 Å². The van der Waals surface area contributed by atoms with E-state index in [-0.39, 0.29) is 0 Å². The van der Waals surface area contributed by atoms with E-state index in [0.29, 0.717) is 6.04 Å². The molecule has 0 fully saturated rings. The number of hydrogen-bond donors (Lipinski definition) is 1. The maximum Gasteiger partial charge on any atom is 0.156 e. The largest absolute Gasteiger partial charge is 0.354 e. The van der Waals surface area contributed by atoms with Crippen LogP contribution in [0.1, 0.15) is 20.8 Å². The molecule has 0 spiro atoms. The Labute approximate surface area is 114 Å². The Kier molecular flexibility index (Phi) is 4.37. The number of hydrogen-bond acceptors (Lipinski definition) is 4. The van der Waals surface area contributed by atoms with Crippen molar-refractivity contribution < 1.29 is 0 Å². The molecule has 0 saturated carbocycles. The molecule has 5 heteroatoms. The summed E-state index contributed by atoms with van der Waals surface area (Å²) in [4.78, 5) is 11.2. The van der Waals surface area contributed by atoms with Crippen LogP contribution in [0.4, 0.5) is 5.82 Å². The summed E-state index contributed by atoms with van der Waals surface area (Å²) in [5.41, 5.74) is 2.11. The smallest absolute Gasteiger partial charge is 0.156 e. The van der Waals surface area contributed by atoms with Gasteiger partial charge in [-0.15, -0.1) is 0 Å². The molecule has 0 aliphatic heterocycles. The van der Waals surface area contributed by atoms with Crippen LogP contribution in [0.5, 0.6) is 0 Å². The number of rotatable bonds is 6. The average molecular weight is 261 g/mol. The second-order valence-electron chi connectivity index (χ2n) is 5.05. The van der Waals surface area contributed by atoms with E-state index in [9.17, 15) is 0 Å². The molecule has 5 nitrogen and oxygen atoms in total. The first-order chi connectivity index (χ1) is 9.13. The summed E-state index contributed by atoms with van der Waals surface area (Å²) in [6, 6.07) is 2.52. The molecule has 0 unspecified atom stereocenters. The zero-order valence-corrected chi connectivity index (χ0v) is 12.2. The number of imidazole rings is 1. The van der Waals surface area contributed by atoms with Crippen molar-refractivity contribution in [2.75, 3.05) is 24.5 Å². The van der Waals surface area contributed by atoms with Gasteiger partial charge >= 0.3 is 0 Å². The fraction of sp³-hybridized carbons (Fsp3) is 0.571. The Morgan fingerprint density at radius 3 is 2.84 bits per heavy atom. The van der Waals surface area contributed by atoms with Gasteiger partial charge in [0.15, 0.2) is 5.82 Å². The fourth-order valence-corrected chi connectivity index (χ4v) is 2.18. The van der Waals surface area contributed by atoms with Crippen LogP contribution in [0, 0.1) is 0 Å². The van der Waals surface area contributed by atoms with Gasteiger partial charge in [0.1, 0.15) is 5.52 Å². The van der Waals surface area contributed by atoms with Crippen LogP contribution < -0.4 is 10.2 Å². The summed E-state index contributed by atoms with van der Waals surface area (Å²) in [6.45, 7) is 9.30. The molecule has 0 aliphatic rings. The van der Waals surface area contributed by atoms with Crippen molar-refractivity contribution >= 4 is 16.9 Å². The minimum Gasteiger partial charge on any atom is -0.354 e. The first-order valence-electron chi connectivity index (χ1n) is 6.87. The van der Waals surface area contributed by atoms with Gasteiger partial charge in [0.05, 0.1) is 11.8 Å². The van der Waals surface area contributed by atoms with E-state index in [2.05, 4.69) is 41.0 Å². The van der Waals surface area contributed by atoms with Gasteiger partial charge in [0, 0.05) is 38.9 Å². The normalized spacial score (nSPS) is 11.4. The third-order valence-electron chi connectivity index (χ3n) is 3.24. The molecular weight excluding hydrogens is 238 g/mol. The molecule has 0 bridgehead atoms. The molecule has 104 valence electrons. The third-order valence-corrected chi connectivity index (χ3v) is 3.24. The van der Waals surface area contributed by atoms with E-state index in [1.54, 1.807) is 0 Å². The molecule has 19 heavy (non-hydrogen) atoms. The number of aryl methyl sites for hydroxylation is 1. The lowest BCUT2D eigenvalue weighted by atomic mass is 10.3. The zero-order chi connectivity index (χ0) is 13.8. The highest BCUT2D eigenvalue weighted by Gasteiger charge is 2.12. The highest BCUT2D eigenvalue weighted by Crippen LogP contribution is 2.21. The maximum absolute atomic E-state index is 4.51. The van der Waals surface area contributed by atoms with Gasteiger partial charge in [0.25, 0.3) is 0 Å². The van der Waals surface area contributed by atoms with Gasteiger partial charge in [-0.2, -0.15) is 0 Å². The Morgan fingerprint density at radius 1 is 1.37 bits per heavy atom. The van der Waals surface area contributed by atoms with E-state index in [0.717, 1.165) is 36.5 Å². The summed E-state index contributed by atoms with van der Waals surface area (Å²) in [6.07, 6.45) is 3.70. The highest BCUT2D eigenvalue weighted by molar-refractivity contribution is 5.86. The number of anilines is 1. The van der Waals surface area contributed by atoms with Crippen molar-refractivity contribution in [3.05, 3.63) is 18.6 Å². The van der Waals surface area contributed by atoms with E-state index >= 15 is 0 Å². The topological polar surface area (TPSA) is 46.0 Å². The van der Waals surface area contributed by atoms with Gasteiger partial charge in [-0.3, -0.25) is 0 Å². The Bertz CT molecular complexity index is 532. The summed E-state index contributed by atoms with van der Waals surface area (Å²) in [5, 5.41) is 3.44. The van der Waals surface area contributed by atoms with Gasteiger partial charge in [0.2, 0.25) is 0 Å². The van der Waals surface area contributed by atoms with Gasteiger partial charge in [-0.25, -0.2) is 9.97 Å². The molecule has 0 radical (unpaired) electrons. The Hall–Kier alpha value is -1.62. The Balaban J connectivity index is 2.20. The van der Waals surface area contributed by atoms with Gasteiger partial charge in [-0.1, -0.05) is 13.8 Å². The molecule has 1 N–H and O–H groups in total. The number of pyridine rings is 1. The molecule has 2 aromatic heterocycles. The van der Waals surface area contributed by atoms with E-state index < -0.39 is 0 Å². The number of likely N-dealkylation sites (N-methyl/N-ethyl adjacent to an activating group) is 1. The number of fused-ring (bicyclic) bond motifs is 1. The van der Waals surface area contributed by atoms with Crippen molar-refractivity contribution in [3.63, 3.8) is 0 Å². The minimum absolute atomic E-state index is 0.511. The zero-order valence-electron chi connectivity index (χ0n) is 12.2. The fourth-order valence-electron chi connectivity index (χ4n) is 2.18. The first-order valence-corrected chi connectivity index (χ1v) is 6.87. The van der Waals surface area contributed by atoms with Crippen molar-refractivity contribution in [1.29, 1.82) is 0 Å². The molecule has 0 saturated heterocycles. The molecule has 0 amide bonds. The molecule has 2 aromatic rings. The van der Waals surface area contributed by atoms with Gasteiger partial charge in [-0.05, 0) is 13.0 Å². The maximum atomic E-state index is 4.51. The standard InChI is InChI=1S/C14H23N5/c1-5-19(9-8-15-11(2)3)14-13-12(6-7-16-14)18(4)10-17-13/h6-7,10-11,15H,5,8-9H2,1-4H3. The predicted molar refractivity (Wildman–Crippen MR) is 79.5 cm³/mol. The number of nitrogens with zero attached hydrogens (tertiary/aromatic N) is 4. The van der Waals surface area contributed by atoms with Crippen LogP contribution in [-0.2, 0) is 7.05 Å². The predicted octanol–water partition coefficient (Wildman–Crippen LogP) is 1.79. The summed E-state index contributed by atoms with van der Waals surface area (Å²) < 4.78 is 2.03. The molecule has 0 atom stereocenters. The lowest BCUT2D eigenvalue weighted by molar-refractivity contribution is 0.582. The summed E-state index contributed by atoms with van der Waals surface area (Å²) >= 11 is 0. The molecular formula is C14H23N5. The minimum atomic E-state index is 0.511. The van der Waals surface area contributed by atoms with Crippen LogP contribution in [0.25, 0.3) is 11.0 Å². The van der Waals surface area contributed by atoms with Crippen LogP contribution >= 0.6 is 0 Å². The summed E-state index contributed by atoms with van der Waals surface area (Å²) in [5.74, 6) is 0.978. The van der Waals surface area contributed by atoms with E-state index in [4.69, 9.17) is 0 Å². The van der Waals surface area contributed by atoms with Crippen molar-refractivity contribution in [3.8, 4) is 0 Å². The van der Waals surface area contributed by atoms with E-state index in [1.807, 2.05) is 30.2 Å². The van der Waals surface area contributed by atoms with Crippen LogP contribution in [-0.4, -0.2) is 40.2 Å². The Morgan fingerprint density at radius 2 is 2.16 bits per heavy atom. The summed E-state index contributed by atoms with van der Waals surface area (Å²) in [7, 11) is 2.01. The quantitative estimate of drug-likeness (QED) is 0.861. The van der Waals surface area contributed by atoms with Crippen molar-refractivity contribution in [2.45, 2.75) is 26.8 Å². The molecule has 0 aliphatic carbocycles. The van der Waals surface area contributed by atoms with Crippen molar-refractivity contribution in [2.24, 2.45) is 7.05 Å². The average Bonchev–Trinajstić information content (AvgIpc) is 2.77. The second-order valence-corrected chi connectivity index (χ2v) is 5.05. The monoisotopic (exact) mass is 261 g/mol. The second kappa shape index (κ2) is 6.02. The molecule has 0 aromatic carbocycles. The van der Waals surface area contributed by atoms with E-state index in [1.165, 1.54) is 0 Å². The van der Waals surface area contributed by atoms with Gasteiger partial charge < -0.3 is 14.8 Å². The molecule has 2 rings (SSSR count). The number of aromatic nitrogens is 3. The lowest BCUT2D eigenvalue weighted by Crippen LogP contribution is -2.35. The van der Waals surface area contributed by atoms with Crippen LogP contribution in [0.3, 0.4) is 0 Å². The third kappa shape index (κ3) is 3.04. The van der Waals surface area contributed by atoms with Crippen LogP contribution in [0.2, 0.25) is 0 Å². The molecule has 2 heterocycles.